The fourth-order valence-electron chi connectivity index (χ4n) is 1.37. The standard InChI is InChI=1S/C12H19NO2/c1-10(13-2)11-6-3-4-7-12(11)15-9-5-8-14/h3-4,6-7,10,13-14H,5,8-9H2,1-2H3. The lowest BCUT2D eigenvalue weighted by atomic mass is 10.1. The Balaban J connectivity index is 2.68. The van der Waals surface area contributed by atoms with E-state index in [2.05, 4.69) is 18.3 Å². The lowest BCUT2D eigenvalue weighted by Gasteiger charge is -2.16. The highest BCUT2D eigenvalue weighted by Gasteiger charge is 2.08. The van der Waals surface area contributed by atoms with Crippen LogP contribution in [-0.4, -0.2) is 25.4 Å². The Morgan fingerprint density at radius 2 is 2.13 bits per heavy atom. The SMILES string of the molecule is CNC(C)c1ccccc1OCCCO. The van der Waals surface area contributed by atoms with E-state index in [4.69, 9.17) is 9.84 Å². The van der Waals surface area contributed by atoms with Gasteiger partial charge in [-0.25, -0.2) is 0 Å². The summed E-state index contributed by atoms with van der Waals surface area (Å²) in [7, 11) is 1.93. The number of aliphatic hydroxyl groups is 1. The number of ether oxygens (including phenoxy) is 1. The van der Waals surface area contributed by atoms with Gasteiger partial charge in [-0.2, -0.15) is 0 Å². The van der Waals surface area contributed by atoms with Gasteiger partial charge in [0, 0.05) is 24.6 Å². The van der Waals surface area contributed by atoms with Crippen molar-refractivity contribution in [1.29, 1.82) is 0 Å². The van der Waals surface area contributed by atoms with E-state index in [1.165, 1.54) is 0 Å². The minimum atomic E-state index is 0.170. The first-order valence-electron chi connectivity index (χ1n) is 5.29. The van der Waals surface area contributed by atoms with Crippen LogP contribution in [0.3, 0.4) is 0 Å². The predicted molar refractivity (Wildman–Crippen MR) is 61.1 cm³/mol. The van der Waals surface area contributed by atoms with E-state index >= 15 is 0 Å². The van der Waals surface area contributed by atoms with Gasteiger partial charge in [0.1, 0.15) is 5.75 Å². The summed E-state index contributed by atoms with van der Waals surface area (Å²) in [5.41, 5.74) is 1.15. The number of benzene rings is 1. The molecule has 1 rings (SSSR count). The van der Waals surface area contributed by atoms with E-state index in [9.17, 15) is 0 Å². The van der Waals surface area contributed by atoms with E-state index in [-0.39, 0.29) is 12.6 Å². The van der Waals surface area contributed by atoms with Crippen LogP contribution in [0.2, 0.25) is 0 Å². The third kappa shape index (κ3) is 3.53. The average molecular weight is 209 g/mol. The number of hydrogen-bond donors (Lipinski definition) is 2. The zero-order chi connectivity index (χ0) is 11.1. The van der Waals surface area contributed by atoms with Crippen molar-refractivity contribution in [3.63, 3.8) is 0 Å². The average Bonchev–Trinajstić information content (AvgIpc) is 2.29. The lowest BCUT2D eigenvalue weighted by molar-refractivity contribution is 0.232. The van der Waals surface area contributed by atoms with Crippen LogP contribution < -0.4 is 10.1 Å². The van der Waals surface area contributed by atoms with Gasteiger partial charge in [0.2, 0.25) is 0 Å². The molecule has 15 heavy (non-hydrogen) atoms. The second kappa shape index (κ2) is 6.43. The normalized spacial score (nSPS) is 12.5. The van der Waals surface area contributed by atoms with E-state index in [0.29, 0.717) is 13.0 Å². The molecule has 0 radical (unpaired) electrons. The highest BCUT2D eigenvalue weighted by Crippen LogP contribution is 2.24. The Morgan fingerprint density at radius 1 is 1.40 bits per heavy atom. The maximum Gasteiger partial charge on any atom is 0.124 e. The quantitative estimate of drug-likeness (QED) is 0.701. The molecule has 0 saturated carbocycles. The fraction of sp³-hybridized carbons (Fsp3) is 0.500. The summed E-state index contributed by atoms with van der Waals surface area (Å²) in [4.78, 5) is 0. The molecule has 3 nitrogen and oxygen atoms in total. The summed E-state index contributed by atoms with van der Waals surface area (Å²) in [6.07, 6.45) is 0.669. The van der Waals surface area contributed by atoms with Crippen molar-refractivity contribution in [1.82, 2.24) is 5.32 Å². The van der Waals surface area contributed by atoms with Crippen molar-refractivity contribution >= 4 is 0 Å². The van der Waals surface area contributed by atoms with Gasteiger partial charge in [-0.3, -0.25) is 0 Å². The Hall–Kier alpha value is -1.06. The van der Waals surface area contributed by atoms with Gasteiger partial charge in [-0.15, -0.1) is 0 Å². The molecule has 1 aromatic rings. The van der Waals surface area contributed by atoms with Crippen LogP contribution in [-0.2, 0) is 0 Å². The number of para-hydroxylation sites is 1. The molecule has 0 aliphatic rings. The third-order valence-corrected chi connectivity index (χ3v) is 2.38. The van der Waals surface area contributed by atoms with E-state index in [1.807, 2.05) is 25.2 Å². The van der Waals surface area contributed by atoms with Gasteiger partial charge in [-0.05, 0) is 20.0 Å². The van der Waals surface area contributed by atoms with E-state index in [0.717, 1.165) is 11.3 Å². The molecule has 0 saturated heterocycles. The summed E-state index contributed by atoms with van der Waals surface area (Å²) >= 11 is 0. The molecule has 0 spiro atoms. The van der Waals surface area contributed by atoms with Crippen LogP contribution in [0.5, 0.6) is 5.75 Å². The van der Waals surface area contributed by atoms with Gasteiger partial charge in [0.15, 0.2) is 0 Å². The molecule has 0 bridgehead atoms. The minimum Gasteiger partial charge on any atom is -0.493 e. The predicted octanol–water partition coefficient (Wildman–Crippen LogP) is 1.73. The van der Waals surface area contributed by atoms with Gasteiger partial charge in [-0.1, -0.05) is 18.2 Å². The Kier molecular flexibility index (Phi) is 5.15. The summed E-state index contributed by atoms with van der Waals surface area (Å²) in [5, 5.41) is 11.9. The number of hydrogen-bond acceptors (Lipinski definition) is 3. The van der Waals surface area contributed by atoms with Crippen LogP contribution in [0, 0.1) is 0 Å². The molecular weight excluding hydrogens is 190 g/mol. The molecule has 1 unspecified atom stereocenters. The van der Waals surface area contributed by atoms with Crippen LogP contribution >= 0.6 is 0 Å². The Morgan fingerprint density at radius 3 is 2.80 bits per heavy atom. The molecule has 0 fully saturated rings. The molecule has 84 valence electrons. The third-order valence-electron chi connectivity index (χ3n) is 2.38. The van der Waals surface area contributed by atoms with Crippen LogP contribution in [0.4, 0.5) is 0 Å². The maximum atomic E-state index is 8.68. The second-order valence-electron chi connectivity index (χ2n) is 3.47. The first kappa shape index (κ1) is 12.0. The molecule has 3 heteroatoms. The van der Waals surface area contributed by atoms with Gasteiger partial charge < -0.3 is 15.2 Å². The zero-order valence-electron chi connectivity index (χ0n) is 9.36. The highest BCUT2D eigenvalue weighted by atomic mass is 16.5. The van der Waals surface area contributed by atoms with Crippen LogP contribution in [0.15, 0.2) is 24.3 Å². The first-order valence-corrected chi connectivity index (χ1v) is 5.29. The smallest absolute Gasteiger partial charge is 0.124 e. The number of nitrogens with one attached hydrogen (secondary N) is 1. The Labute approximate surface area is 91.1 Å². The van der Waals surface area contributed by atoms with E-state index in [1.54, 1.807) is 0 Å². The molecule has 0 aliphatic carbocycles. The zero-order valence-corrected chi connectivity index (χ0v) is 9.36. The molecule has 2 N–H and O–H groups in total. The van der Waals surface area contributed by atoms with Crippen molar-refractivity contribution in [2.45, 2.75) is 19.4 Å². The molecule has 0 amide bonds. The first-order chi connectivity index (χ1) is 7.29. The van der Waals surface area contributed by atoms with Crippen molar-refractivity contribution in [2.75, 3.05) is 20.3 Å². The van der Waals surface area contributed by atoms with Gasteiger partial charge in [0.05, 0.1) is 6.61 Å². The van der Waals surface area contributed by atoms with Crippen molar-refractivity contribution in [2.24, 2.45) is 0 Å². The van der Waals surface area contributed by atoms with Gasteiger partial charge in [0.25, 0.3) is 0 Å². The molecule has 1 atom stereocenters. The van der Waals surface area contributed by atoms with Crippen LogP contribution in [0.1, 0.15) is 24.9 Å². The Bertz CT molecular complexity index is 289. The molecular formula is C12H19NO2. The minimum absolute atomic E-state index is 0.170. The van der Waals surface area contributed by atoms with Crippen molar-refractivity contribution < 1.29 is 9.84 Å². The topological polar surface area (TPSA) is 41.5 Å². The van der Waals surface area contributed by atoms with Crippen LogP contribution in [0.25, 0.3) is 0 Å². The number of aliphatic hydroxyl groups excluding tert-OH is 1. The monoisotopic (exact) mass is 209 g/mol. The second-order valence-corrected chi connectivity index (χ2v) is 3.47. The maximum absolute atomic E-state index is 8.68. The van der Waals surface area contributed by atoms with Gasteiger partial charge >= 0.3 is 0 Å². The lowest BCUT2D eigenvalue weighted by Crippen LogP contribution is -2.14. The molecule has 0 aliphatic heterocycles. The summed E-state index contributed by atoms with van der Waals surface area (Å²) in [6.45, 7) is 2.82. The fourth-order valence-corrected chi connectivity index (χ4v) is 1.37. The summed E-state index contributed by atoms with van der Waals surface area (Å²) in [6, 6.07) is 8.24. The largest absolute Gasteiger partial charge is 0.493 e. The number of rotatable bonds is 6. The molecule has 1 aromatic carbocycles. The van der Waals surface area contributed by atoms with Crippen molar-refractivity contribution in [3.05, 3.63) is 29.8 Å². The van der Waals surface area contributed by atoms with E-state index < -0.39 is 0 Å². The highest BCUT2D eigenvalue weighted by molar-refractivity contribution is 5.35. The summed E-state index contributed by atoms with van der Waals surface area (Å²) < 4.78 is 5.60. The molecule has 0 heterocycles. The molecule has 0 aromatic heterocycles. The summed E-state index contributed by atoms with van der Waals surface area (Å²) in [5.74, 6) is 0.896. The van der Waals surface area contributed by atoms with Crippen molar-refractivity contribution in [3.8, 4) is 5.75 Å².